The summed E-state index contributed by atoms with van der Waals surface area (Å²) in [5.74, 6) is -0.259. The molecular weight excluding hydrogens is 478 g/mol. The molecule has 4 aromatic heterocycles. The lowest BCUT2D eigenvalue weighted by Crippen LogP contribution is -2.26. The molecule has 0 fully saturated rings. The fourth-order valence-corrected chi connectivity index (χ4v) is 4.84. The van der Waals surface area contributed by atoms with Crippen LogP contribution in [0.5, 0.6) is 0 Å². The molecule has 1 aromatic carbocycles. The number of aliphatic hydroxyl groups excluding tert-OH is 1. The minimum atomic E-state index is -0.636. The van der Waals surface area contributed by atoms with Gasteiger partial charge in [0, 0.05) is 30.5 Å². The van der Waals surface area contributed by atoms with E-state index >= 15 is 0 Å². The van der Waals surface area contributed by atoms with E-state index in [0.29, 0.717) is 23.6 Å². The molecule has 0 saturated carbocycles. The van der Waals surface area contributed by atoms with Gasteiger partial charge in [-0.1, -0.05) is 18.2 Å². The van der Waals surface area contributed by atoms with Gasteiger partial charge in [0.25, 0.3) is 5.91 Å². The number of carbonyl (C=O) groups is 1. The molecule has 9 nitrogen and oxygen atoms in total. The predicted molar refractivity (Wildman–Crippen MR) is 147 cm³/mol. The third-order valence-corrected chi connectivity index (χ3v) is 6.75. The first-order chi connectivity index (χ1) is 18.4. The number of benzene rings is 1. The molecule has 190 valence electrons. The molecule has 1 aliphatic rings. The number of aromatic nitrogens is 5. The zero-order valence-electron chi connectivity index (χ0n) is 21.3. The lowest BCUT2D eigenvalue weighted by Gasteiger charge is -2.23. The van der Waals surface area contributed by atoms with Crippen LogP contribution in [-0.4, -0.2) is 53.3 Å². The molecule has 1 aliphatic heterocycles. The highest BCUT2D eigenvalue weighted by atomic mass is 16.3. The van der Waals surface area contributed by atoms with Crippen LogP contribution in [0.3, 0.4) is 0 Å². The Balaban J connectivity index is 1.29. The van der Waals surface area contributed by atoms with Crippen LogP contribution in [0.4, 0.5) is 5.69 Å². The molecular formula is C29H27N7O2. The number of allylic oxidation sites excluding steroid dienone is 2. The minimum Gasteiger partial charge on any atom is -0.370 e. The number of aryl methyl sites for hydroxylation is 2. The van der Waals surface area contributed by atoms with Gasteiger partial charge in [-0.2, -0.15) is 5.10 Å². The molecule has 6 rings (SSSR count). The first-order valence-corrected chi connectivity index (χ1v) is 12.3. The Morgan fingerprint density at radius 3 is 2.79 bits per heavy atom. The summed E-state index contributed by atoms with van der Waals surface area (Å²) in [6, 6.07) is 15.6. The van der Waals surface area contributed by atoms with E-state index in [1.54, 1.807) is 21.6 Å². The number of anilines is 1. The predicted octanol–water partition coefficient (Wildman–Crippen LogP) is 4.16. The van der Waals surface area contributed by atoms with E-state index in [1.165, 1.54) is 0 Å². The van der Waals surface area contributed by atoms with Gasteiger partial charge in [0.2, 0.25) is 0 Å². The molecule has 0 radical (unpaired) electrons. The normalized spacial score (nSPS) is 15.3. The van der Waals surface area contributed by atoms with Gasteiger partial charge in [-0.25, -0.2) is 4.98 Å². The summed E-state index contributed by atoms with van der Waals surface area (Å²) in [6.07, 6.45) is 8.27. The van der Waals surface area contributed by atoms with Crippen molar-refractivity contribution in [3.8, 4) is 0 Å². The monoisotopic (exact) mass is 505 g/mol. The summed E-state index contributed by atoms with van der Waals surface area (Å²) >= 11 is 0. The number of fused-ring (bicyclic) bond motifs is 2. The highest BCUT2D eigenvalue weighted by Crippen LogP contribution is 2.28. The number of imidazole rings is 1. The lowest BCUT2D eigenvalue weighted by atomic mass is 10.1. The molecule has 0 aliphatic carbocycles. The van der Waals surface area contributed by atoms with Crippen LogP contribution >= 0.6 is 0 Å². The van der Waals surface area contributed by atoms with E-state index in [9.17, 15) is 9.90 Å². The van der Waals surface area contributed by atoms with Gasteiger partial charge in [0.05, 0.1) is 35.3 Å². The summed E-state index contributed by atoms with van der Waals surface area (Å²) in [5, 5.41) is 18.6. The largest absolute Gasteiger partial charge is 0.370 e. The Bertz CT molecular complexity index is 1760. The first kappa shape index (κ1) is 23.6. The number of nitrogens with one attached hydrogen (secondary N) is 1. The zero-order valence-corrected chi connectivity index (χ0v) is 21.3. The van der Waals surface area contributed by atoms with Crippen molar-refractivity contribution in [2.24, 2.45) is 0 Å². The standard InChI is InChI=1S/C29H27N7O2/c1-18-6-4-7-22(31-18)17-36-24-9-5-8-23(28(24)19(2)33-36)32-29(38)25-15-30-26-14-20(12-13-35(25)26)21-10-11-27(37)34(3)16-21/h4-16,27,37H,17H2,1-3H3,(H,32,38). The molecule has 1 amide bonds. The third kappa shape index (κ3) is 4.22. The zero-order chi connectivity index (χ0) is 26.4. The lowest BCUT2D eigenvalue weighted by molar-refractivity contribution is 0.0979. The number of carbonyl (C=O) groups excluding carboxylic acids is 1. The van der Waals surface area contributed by atoms with Crippen molar-refractivity contribution in [1.29, 1.82) is 0 Å². The molecule has 5 heterocycles. The van der Waals surface area contributed by atoms with E-state index in [0.717, 1.165) is 39.1 Å². The molecule has 0 bridgehead atoms. The highest BCUT2D eigenvalue weighted by Gasteiger charge is 2.18. The molecule has 1 atom stereocenters. The maximum Gasteiger partial charge on any atom is 0.274 e. The summed E-state index contributed by atoms with van der Waals surface area (Å²) in [7, 11) is 1.82. The van der Waals surface area contributed by atoms with Crippen LogP contribution in [0.1, 0.15) is 33.1 Å². The smallest absolute Gasteiger partial charge is 0.274 e. The van der Waals surface area contributed by atoms with Gasteiger partial charge in [0.1, 0.15) is 17.6 Å². The van der Waals surface area contributed by atoms with Gasteiger partial charge >= 0.3 is 0 Å². The van der Waals surface area contributed by atoms with Crippen molar-refractivity contribution in [3.63, 3.8) is 0 Å². The molecule has 5 aromatic rings. The van der Waals surface area contributed by atoms with Crippen molar-refractivity contribution in [1.82, 2.24) is 29.0 Å². The van der Waals surface area contributed by atoms with Gasteiger partial charge in [-0.05, 0) is 67.5 Å². The number of aliphatic hydroxyl groups is 1. The van der Waals surface area contributed by atoms with Crippen molar-refractivity contribution in [2.75, 3.05) is 12.4 Å². The van der Waals surface area contributed by atoms with Crippen LogP contribution in [0.25, 0.3) is 22.1 Å². The van der Waals surface area contributed by atoms with Crippen LogP contribution in [0.2, 0.25) is 0 Å². The summed E-state index contributed by atoms with van der Waals surface area (Å²) in [5.41, 5.74) is 7.32. The molecule has 2 N–H and O–H groups in total. The summed E-state index contributed by atoms with van der Waals surface area (Å²) < 4.78 is 3.69. The van der Waals surface area contributed by atoms with Crippen LogP contribution in [0.15, 0.2) is 79.3 Å². The Morgan fingerprint density at radius 1 is 1.13 bits per heavy atom. The van der Waals surface area contributed by atoms with E-state index in [4.69, 9.17) is 5.10 Å². The van der Waals surface area contributed by atoms with Gasteiger partial charge in [-0.3, -0.25) is 18.9 Å². The van der Waals surface area contributed by atoms with Crippen molar-refractivity contribution >= 4 is 33.7 Å². The van der Waals surface area contributed by atoms with Crippen molar-refractivity contribution in [2.45, 2.75) is 26.6 Å². The van der Waals surface area contributed by atoms with Gasteiger partial charge < -0.3 is 15.3 Å². The van der Waals surface area contributed by atoms with E-state index < -0.39 is 6.23 Å². The third-order valence-electron chi connectivity index (χ3n) is 6.75. The molecule has 0 spiro atoms. The number of rotatable bonds is 5. The minimum absolute atomic E-state index is 0.259. The van der Waals surface area contributed by atoms with Crippen LogP contribution < -0.4 is 5.32 Å². The summed E-state index contributed by atoms with van der Waals surface area (Å²) in [4.78, 5) is 24.2. The number of hydrogen-bond acceptors (Lipinski definition) is 6. The van der Waals surface area contributed by atoms with Crippen molar-refractivity contribution in [3.05, 3.63) is 108 Å². The topological polar surface area (TPSA) is 101 Å². The van der Waals surface area contributed by atoms with E-state index in [1.807, 2.05) is 92.6 Å². The Hall–Kier alpha value is -4.76. The second-order valence-corrected chi connectivity index (χ2v) is 9.48. The molecule has 38 heavy (non-hydrogen) atoms. The number of amides is 1. The Kier molecular flexibility index (Phi) is 5.77. The second kappa shape index (κ2) is 9.28. The van der Waals surface area contributed by atoms with Gasteiger partial charge in [-0.15, -0.1) is 0 Å². The van der Waals surface area contributed by atoms with Crippen LogP contribution in [0, 0.1) is 13.8 Å². The SMILES string of the molecule is Cc1cccc(Cn2nc(C)c3c(NC(=O)c4cnc5cc(C6=CN(C)C(O)C=C6)ccn45)cccc32)n1. The number of likely N-dealkylation sites (N-methyl/N-ethyl adjacent to an activating group) is 1. The fraction of sp³-hybridized carbons (Fsp3) is 0.172. The molecule has 1 unspecified atom stereocenters. The van der Waals surface area contributed by atoms with Crippen molar-refractivity contribution < 1.29 is 9.90 Å². The van der Waals surface area contributed by atoms with E-state index in [2.05, 4.69) is 15.3 Å². The molecule has 0 saturated heterocycles. The number of hydrogen-bond donors (Lipinski definition) is 2. The average molecular weight is 506 g/mol. The number of pyridine rings is 2. The van der Waals surface area contributed by atoms with Gasteiger partial charge in [0.15, 0.2) is 0 Å². The average Bonchev–Trinajstić information content (AvgIpc) is 3.47. The fourth-order valence-electron chi connectivity index (χ4n) is 4.84. The van der Waals surface area contributed by atoms with Crippen LogP contribution in [-0.2, 0) is 6.54 Å². The quantitative estimate of drug-likeness (QED) is 0.372. The summed E-state index contributed by atoms with van der Waals surface area (Å²) in [6.45, 7) is 4.46. The Morgan fingerprint density at radius 2 is 1.97 bits per heavy atom. The first-order valence-electron chi connectivity index (χ1n) is 12.3. The highest BCUT2D eigenvalue weighted by molar-refractivity contribution is 6.08. The van der Waals surface area contributed by atoms with E-state index in [-0.39, 0.29) is 5.91 Å². The Labute approximate surface area is 219 Å². The number of nitrogens with zero attached hydrogens (tertiary/aromatic N) is 6. The maximum absolute atomic E-state index is 13.4. The second-order valence-electron chi connectivity index (χ2n) is 9.48. The molecule has 9 heteroatoms. The maximum atomic E-state index is 13.4.